The maximum absolute atomic E-state index is 10.7. The van der Waals surface area contributed by atoms with Crippen molar-refractivity contribution in [2.75, 3.05) is 12.5 Å². The molecule has 66 valence electrons. The maximum Gasteiger partial charge on any atom is 0.308 e. The predicted octanol–water partition coefficient (Wildman–Crippen LogP) is 0.929. The highest BCUT2D eigenvalue weighted by molar-refractivity contribution is 6.18. The molecule has 0 aliphatic carbocycles. The van der Waals surface area contributed by atoms with Crippen LogP contribution in [0, 0.1) is 0 Å². The van der Waals surface area contributed by atoms with E-state index in [0.717, 1.165) is 6.42 Å². The Morgan fingerprint density at radius 3 is 2.82 bits per heavy atom. The third-order valence-electron chi connectivity index (χ3n) is 1.05. The first-order valence-corrected chi connectivity index (χ1v) is 4.13. The molecular formula is C7H13ClO3. The van der Waals surface area contributed by atoms with Crippen LogP contribution in [0.15, 0.2) is 0 Å². The summed E-state index contributed by atoms with van der Waals surface area (Å²) in [5.74, 6) is -0.318. The van der Waals surface area contributed by atoms with E-state index in [4.69, 9.17) is 21.4 Å². The molecule has 0 aliphatic heterocycles. The standard InChI is InChI=1S/C7H13ClO3/c1-2-3-11-7(10)4-6(9)5-8/h6,9H,2-5H2,1H3. The minimum Gasteiger partial charge on any atom is -0.466 e. The van der Waals surface area contributed by atoms with Crippen molar-refractivity contribution in [3.63, 3.8) is 0 Å². The molecule has 0 aromatic rings. The Morgan fingerprint density at radius 2 is 2.36 bits per heavy atom. The fourth-order valence-corrected chi connectivity index (χ4v) is 0.631. The van der Waals surface area contributed by atoms with Gasteiger partial charge in [0.05, 0.1) is 19.1 Å². The fourth-order valence-electron chi connectivity index (χ4n) is 0.522. The van der Waals surface area contributed by atoms with E-state index in [1.807, 2.05) is 6.92 Å². The fraction of sp³-hybridized carbons (Fsp3) is 0.857. The van der Waals surface area contributed by atoms with Crippen molar-refractivity contribution in [1.29, 1.82) is 0 Å². The molecule has 0 aromatic carbocycles. The second-order valence-electron chi connectivity index (χ2n) is 2.23. The van der Waals surface area contributed by atoms with Gasteiger partial charge in [-0.15, -0.1) is 11.6 Å². The van der Waals surface area contributed by atoms with E-state index in [1.165, 1.54) is 0 Å². The van der Waals surface area contributed by atoms with Gasteiger partial charge in [0.1, 0.15) is 0 Å². The Kier molecular flexibility index (Phi) is 6.27. The van der Waals surface area contributed by atoms with Crippen LogP contribution in [0.5, 0.6) is 0 Å². The average Bonchev–Trinajstić information content (AvgIpc) is 2.00. The first-order valence-electron chi connectivity index (χ1n) is 3.60. The van der Waals surface area contributed by atoms with E-state index in [1.54, 1.807) is 0 Å². The lowest BCUT2D eigenvalue weighted by Gasteiger charge is -2.05. The van der Waals surface area contributed by atoms with Gasteiger partial charge >= 0.3 is 5.97 Å². The SMILES string of the molecule is CCCOC(=O)CC(O)CCl. The quantitative estimate of drug-likeness (QED) is 0.506. The summed E-state index contributed by atoms with van der Waals surface area (Å²) in [7, 11) is 0. The van der Waals surface area contributed by atoms with E-state index >= 15 is 0 Å². The number of hydrogen-bond donors (Lipinski definition) is 1. The summed E-state index contributed by atoms with van der Waals surface area (Å²) in [6.45, 7) is 2.32. The van der Waals surface area contributed by atoms with Crippen molar-refractivity contribution < 1.29 is 14.6 Å². The van der Waals surface area contributed by atoms with E-state index in [-0.39, 0.29) is 18.3 Å². The van der Waals surface area contributed by atoms with Gasteiger partial charge in [-0.2, -0.15) is 0 Å². The van der Waals surface area contributed by atoms with Crippen LogP contribution in [0.1, 0.15) is 19.8 Å². The Bertz CT molecular complexity index is 116. The van der Waals surface area contributed by atoms with E-state index in [2.05, 4.69) is 0 Å². The summed E-state index contributed by atoms with van der Waals surface area (Å²) in [6.07, 6.45) is 0.00711. The number of alkyl halides is 1. The lowest BCUT2D eigenvalue weighted by molar-refractivity contribution is -0.145. The molecule has 3 nitrogen and oxygen atoms in total. The molecule has 0 spiro atoms. The van der Waals surface area contributed by atoms with Gasteiger partial charge in [-0.3, -0.25) is 4.79 Å². The number of ether oxygens (including phenoxy) is 1. The first-order chi connectivity index (χ1) is 5.20. The van der Waals surface area contributed by atoms with Gasteiger partial charge < -0.3 is 9.84 Å². The number of aliphatic hydroxyl groups excluding tert-OH is 1. The van der Waals surface area contributed by atoms with Gasteiger partial charge in [-0.05, 0) is 6.42 Å². The van der Waals surface area contributed by atoms with Gasteiger partial charge in [0.2, 0.25) is 0 Å². The summed E-state index contributed by atoms with van der Waals surface area (Å²) < 4.78 is 4.71. The van der Waals surface area contributed by atoms with E-state index in [0.29, 0.717) is 6.61 Å². The van der Waals surface area contributed by atoms with Crippen LogP contribution in [-0.2, 0) is 9.53 Å². The number of esters is 1. The topological polar surface area (TPSA) is 46.5 Å². The lowest BCUT2D eigenvalue weighted by Crippen LogP contribution is -2.17. The minimum atomic E-state index is -0.777. The zero-order valence-corrected chi connectivity index (χ0v) is 7.30. The molecule has 4 heteroatoms. The van der Waals surface area contributed by atoms with Gasteiger partial charge in [-0.1, -0.05) is 6.92 Å². The normalized spacial score (nSPS) is 12.6. The summed E-state index contributed by atoms with van der Waals surface area (Å²) in [5, 5.41) is 8.89. The summed E-state index contributed by atoms with van der Waals surface area (Å²) >= 11 is 5.27. The number of aliphatic hydroxyl groups is 1. The molecule has 0 rings (SSSR count). The molecular weight excluding hydrogens is 168 g/mol. The van der Waals surface area contributed by atoms with Crippen molar-refractivity contribution in [3.05, 3.63) is 0 Å². The molecule has 0 radical (unpaired) electrons. The molecule has 0 amide bonds. The molecule has 0 saturated heterocycles. The smallest absolute Gasteiger partial charge is 0.308 e. The Balaban J connectivity index is 3.36. The number of carbonyl (C=O) groups is 1. The zero-order valence-electron chi connectivity index (χ0n) is 6.55. The number of rotatable bonds is 5. The highest BCUT2D eigenvalue weighted by Crippen LogP contribution is 1.97. The van der Waals surface area contributed by atoms with Crippen LogP contribution in [0.3, 0.4) is 0 Å². The minimum absolute atomic E-state index is 0.0104. The summed E-state index contributed by atoms with van der Waals surface area (Å²) in [4.78, 5) is 10.7. The van der Waals surface area contributed by atoms with Crippen LogP contribution < -0.4 is 0 Å². The Hall–Kier alpha value is -0.280. The van der Waals surface area contributed by atoms with Crippen molar-refractivity contribution in [3.8, 4) is 0 Å². The zero-order chi connectivity index (χ0) is 8.69. The maximum atomic E-state index is 10.7. The van der Waals surface area contributed by atoms with Crippen molar-refractivity contribution >= 4 is 17.6 Å². The Morgan fingerprint density at radius 1 is 1.73 bits per heavy atom. The highest BCUT2D eigenvalue weighted by atomic mass is 35.5. The van der Waals surface area contributed by atoms with Crippen LogP contribution in [0.4, 0.5) is 0 Å². The second kappa shape index (κ2) is 6.43. The molecule has 1 atom stereocenters. The van der Waals surface area contributed by atoms with Crippen molar-refractivity contribution in [2.45, 2.75) is 25.9 Å². The molecule has 0 bridgehead atoms. The molecule has 0 aromatic heterocycles. The molecule has 0 fully saturated rings. The van der Waals surface area contributed by atoms with E-state index in [9.17, 15) is 4.79 Å². The second-order valence-corrected chi connectivity index (χ2v) is 2.54. The largest absolute Gasteiger partial charge is 0.466 e. The van der Waals surface area contributed by atoms with Gasteiger partial charge in [0.25, 0.3) is 0 Å². The van der Waals surface area contributed by atoms with Crippen LogP contribution in [-0.4, -0.2) is 29.7 Å². The third kappa shape index (κ3) is 6.13. The number of hydrogen-bond acceptors (Lipinski definition) is 3. The summed E-state index contributed by atoms with van der Waals surface area (Å²) in [6, 6.07) is 0. The van der Waals surface area contributed by atoms with Gasteiger partial charge in [0.15, 0.2) is 0 Å². The summed E-state index contributed by atoms with van der Waals surface area (Å²) in [5.41, 5.74) is 0. The van der Waals surface area contributed by atoms with Crippen LogP contribution >= 0.6 is 11.6 Å². The number of halogens is 1. The van der Waals surface area contributed by atoms with Crippen molar-refractivity contribution in [1.82, 2.24) is 0 Å². The monoisotopic (exact) mass is 180 g/mol. The third-order valence-corrected chi connectivity index (χ3v) is 1.40. The Labute approximate surface area is 71.3 Å². The number of carbonyl (C=O) groups excluding carboxylic acids is 1. The molecule has 0 saturated carbocycles. The van der Waals surface area contributed by atoms with Crippen molar-refractivity contribution in [2.24, 2.45) is 0 Å². The van der Waals surface area contributed by atoms with Gasteiger partial charge in [-0.25, -0.2) is 0 Å². The highest BCUT2D eigenvalue weighted by Gasteiger charge is 2.09. The molecule has 0 heterocycles. The average molecular weight is 181 g/mol. The lowest BCUT2D eigenvalue weighted by atomic mass is 10.3. The van der Waals surface area contributed by atoms with E-state index < -0.39 is 6.10 Å². The molecule has 1 unspecified atom stereocenters. The van der Waals surface area contributed by atoms with Crippen LogP contribution in [0.25, 0.3) is 0 Å². The molecule has 11 heavy (non-hydrogen) atoms. The predicted molar refractivity (Wildman–Crippen MR) is 42.6 cm³/mol. The van der Waals surface area contributed by atoms with Gasteiger partial charge in [0, 0.05) is 5.88 Å². The molecule has 0 aliphatic rings. The first kappa shape index (κ1) is 10.7. The molecule has 1 N–H and O–H groups in total. The van der Waals surface area contributed by atoms with Crippen LogP contribution in [0.2, 0.25) is 0 Å².